The fraction of sp³-hybridized carbons (Fsp3) is 0.286. The third-order valence-corrected chi connectivity index (χ3v) is 6.61. The molecule has 0 fully saturated rings. The third-order valence-electron chi connectivity index (χ3n) is 4.24. The van der Waals surface area contributed by atoms with E-state index in [1.165, 1.54) is 23.5 Å². The van der Waals surface area contributed by atoms with Crippen LogP contribution in [-0.4, -0.2) is 37.7 Å². The summed E-state index contributed by atoms with van der Waals surface area (Å²) in [5.74, 6) is 0.493. The standard InChI is InChI=1S/C21H24N4O4S2/c1-16-9-11-18(12-10-16)31(27,28)22-14-13-19(26)23-21-25-24-20(30-21)8-5-15-29-17-6-3-2-4-7-17/h2-4,6-7,9-12,22H,5,8,13-15H2,1H3,(H,23,25,26). The molecule has 0 radical (unpaired) electrons. The van der Waals surface area contributed by atoms with Crippen LogP contribution in [0.3, 0.4) is 0 Å². The van der Waals surface area contributed by atoms with Crippen molar-refractivity contribution in [2.24, 2.45) is 0 Å². The summed E-state index contributed by atoms with van der Waals surface area (Å²) < 4.78 is 32.5. The Bertz CT molecular complexity index is 1080. The molecular formula is C21H24N4O4S2. The van der Waals surface area contributed by atoms with Crippen molar-refractivity contribution in [2.75, 3.05) is 18.5 Å². The number of amides is 1. The molecule has 2 N–H and O–H groups in total. The Balaban J connectivity index is 1.37. The number of carbonyl (C=O) groups excluding carboxylic acids is 1. The van der Waals surface area contributed by atoms with Crippen molar-refractivity contribution in [1.29, 1.82) is 0 Å². The van der Waals surface area contributed by atoms with Crippen molar-refractivity contribution in [3.8, 4) is 5.75 Å². The van der Waals surface area contributed by atoms with Gasteiger partial charge in [0, 0.05) is 19.4 Å². The number of benzene rings is 2. The van der Waals surface area contributed by atoms with E-state index in [2.05, 4.69) is 20.2 Å². The number of anilines is 1. The summed E-state index contributed by atoms with van der Waals surface area (Å²) in [6, 6.07) is 16.1. The first kappa shape index (κ1) is 22.9. The topological polar surface area (TPSA) is 110 Å². The van der Waals surface area contributed by atoms with E-state index in [-0.39, 0.29) is 23.8 Å². The predicted molar refractivity (Wildman–Crippen MR) is 120 cm³/mol. The third kappa shape index (κ3) is 7.42. The van der Waals surface area contributed by atoms with Crippen LogP contribution in [0.15, 0.2) is 59.5 Å². The van der Waals surface area contributed by atoms with E-state index in [1.54, 1.807) is 12.1 Å². The van der Waals surface area contributed by atoms with Gasteiger partial charge < -0.3 is 10.1 Å². The molecule has 0 saturated carbocycles. The minimum atomic E-state index is -3.64. The largest absolute Gasteiger partial charge is 0.494 e. The van der Waals surface area contributed by atoms with E-state index in [0.29, 0.717) is 18.2 Å². The van der Waals surface area contributed by atoms with Crippen LogP contribution in [0.2, 0.25) is 0 Å². The number of rotatable bonds is 11. The van der Waals surface area contributed by atoms with Crippen LogP contribution in [0.1, 0.15) is 23.4 Å². The number of hydrogen-bond acceptors (Lipinski definition) is 7. The van der Waals surface area contributed by atoms with Gasteiger partial charge in [-0.15, -0.1) is 10.2 Å². The van der Waals surface area contributed by atoms with Crippen LogP contribution in [0, 0.1) is 6.92 Å². The molecule has 10 heteroatoms. The monoisotopic (exact) mass is 460 g/mol. The first-order chi connectivity index (χ1) is 14.9. The molecule has 0 atom stereocenters. The molecule has 3 rings (SSSR count). The molecule has 0 spiro atoms. The fourth-order valence-corrected chi connectivity index (χ4v) is 4.45. The highest BCUT2D eigenvalue weighted by atomic mass is 32.2. The van der Waals surface area contributed by atoms with E-state index < -0.39 is 10.0 Å². The number of sulfonamides is 1. The summed E-state index contributed by atoms with van der Waals surface area (Å²) >= 11 is 1.30. The van der Waals surface area contributed by atoms with Gasteiger partial charge in [-0.05, 0) is 37.6 Å². The lowest BCUT2D eigenvalue weighted by molar-refractivity contribution is -0.116. The van der Waals surface area contributed by atoms with Crippen LogP contribution in [0.25, 0.3) is 0 Å². The number of para-hydroxylation sites is 1. The molecule has 1 aromatic heterocycles. The summed E-state index contributed by atoms with van der Waals surface area (Å²) in [6.45, 7) is 2.43. The van der Waals surface area contributed by atoms with Gasteiger partial charge in [-0.1, -0.05) is 47.2 Å². The second-order valence-corrected chi connectivity index (χ2v) is 9.60. The second-order valence-electron chi connectivity index (χ2n) is 6.78. The van der Waals surface area contributed by atoms with Crippen LogP contribution < -0.4 is 14.8 Å². The quantitative estimate of drug-likeness (QED) is 0.425. The van der Waals surface area contributed by atoms with Gasteiger partial charge in [-0.3, -0.25) is 4.79 Å². The Hall–Kier alpha value is -2.82. The van der Waals surface area contributed by atoms with Crippen molar-refractivity contribution in [3.63, 3.8) is 0 Å². The lowest BCUT2D eigenvalue weighted by Crippen LogP contribution is -2.27. The second kappa shape index (κ2) is 11.0. The van der Waals surface area contributed by atoms with Gasteiger partial charge >= 0.3 is 0 Å². The van der Waals surface area contributed by atoms with E-state index in [0.717, 1.165) is 22.7 Å². The molecule has 2 aromatic carbocycles. The SMILES string of the molecule is Cc1ccc(S(=O)(=O)NCCC(=O)Nc2nnc(CCCOc3ccccc3)s2)cc1. The smallest absolute Gasteiger partial charge is 0.240 e. The van der Waals surface area contributed by atoms with Crippen LogP contribution in [0.4, 0.5) is 5.13 Å². The molecule has 0 aliphatic rings. The normalized spacial score (nSPS) is 11.3. The Morgan fingerprint density at radius 3 is 2.55 bits per heavy atom. The molecule has 3 aromatic rings. The molecule has 0 saturated heterocycles. The van der Waals surface area contributed by atoms with E-state index in [1.807, 2.05) is 37.3 Å². The van der Waals surface area contributed by atoms with Crippen molar-refractivity contribution in [3.05, 3.63) is 65.2 Å². The molecule has 0 aliphatic carbocycles. The summed E-state index contributed by atoms with van der Waals surface area (Å²) in [7, 11) is -3.64. The maximum atomic E-state index is 12.2. The summed E-state index contributed by atoms with van der Waals surface area (Å²) in [5.41, 5.74) is 0.971. The Kier molecular flexibility index (Phi) is 8.10. The minimum Gasteiger partial charge on any atom is -0.494 e. The predicted octanol–water partition coefficient (Wildman–Crippen LogP) is 3.17. The van der Waals surface area contributed by atoms with E-state index in [4.69, 9.17) is 4.74 Å². The highest BCUT2D eigenvalue weighted by molar-refractivity contribution is 7.89. The highest BCUT2D eigenvalue weighted by Gasteiger charge is 2.14. The zero-order valence-corrected chi connectivity index (χ0v) is 18.7. The first-order valence-corrected chi connectivity index (χ1v) is 12.1. The first-order valence-electron chi connectivity index (χ1n) is 9.79. The van der Waals surface area contributed by atoms with Crippen LogP contribution in [-0.2, 0) is 21.2 Å². The van der Waals surface area contributed by atoms with Crippen molar-refractivity contribution in [1.82, 2.24) is 14.9 Å². The number of nitrogens with zero attached hydrogens (tertiary/aromatic N) is 2. The number of aryl methyl sites for hydroxylation is 2. The van der Waals surface area contributed by atoms with Gasteiger partial charge in [0.25, 0.3) is 0 Å². The number of nitrogens with one attached hydrogen (secondary N) is 2. The van der Waals surface area contributed by atoms with Crippen molar-refractivity contribution < 1.29 is 17.9 Å². The Morgan fingerprint density at radius 1 is 1.06 bits per heavy atom. The Morgan fingerprint density at radius 2 is 1.81 bits per heavy atom. The summed E-state index contributed by atoms with van der Waals surface area (Å²) in [4.78, 5) is 12.2. The van der Waals surface area contributed by atoms with Gasteiger partial charge in [0.15, 0.2) is 0 Å². The molecule has 1 heterocycles. The number of ether oxygens (including phenoxy) is 1. The molecule has 8 nitrogen and oxygen atoms in total. The molecule has 0 aliphatic heterocycles. The summed E-state index contributed by atoms with van der Waals surface area (Å²) in [6.07, 6.45) is 1.46. The number of carbonyl (C=O) groups is 1. The molecular weight excluding hydrogens is 436 g/mol. The molecule has 31 heavy (non-hydrogen) atoms. The summed E-state index contributed by atoms with van der Waals surface area (Å²) in [5, 5.41) is 11.9. The van der Waals surface area contributed by atoms with E-state index in [9.17, 15) is 13.2 Å². The van der Waals surface area contributed by atoms with Gasteiger partial charge in [-0.25, -0.2) is 13.1 Å². The van der Waals surface area contributed by atoms with Crippen molar-refractivity contribution in [2.45, 2.75) is 31.1 Å². The van der Waals surface area contributed by atoms with Gasteiger partial charge in [-0.2, -0.15) is 0 Å². The molecule has 164 valence electrons. The zero-order valence-electron chi connectivity index (χ0n) is 17.1. The number of hydrogen-bond donors (Lipinski definition) is 2. The molecule has 1 amide bonds. The molecule has 0 unspecified atom stereocenters. The van der Waals surface area contributed by atoms with E-state index >= 15 is 0 Å². The fourth-order valence-electron chi connectivity index (χ4n) is 2.62. The maximum Gasteiger partial charge on any atom is 0.240 e. The number of aromatic nitrogens is 2. The van der Waals surface area contributed by atoms with Crippen LogP contribution >= 0.6 is 11.3 Å². The Labute approximate surface area is 185 Å². The van der Waals surface area contributed by atoms with Crippen LogP contribution in [0.5, 0.6) is 5.75 Å². The van der Waals surface area contributed by atoms with Gasteiger partial charge in [0.2, 0.25) is 21.1 Å². The highest BCUT2D eigenvalue weighted by Crippen LogP contribution is 2.17. The average molecular weight is 461 g/mol. The lowest BCUT2D eigenvalue weighted by atomic mass is 10.2. The van der Waals surface area contributed by atoms with Gasteiger partial charge in [0.1, 0.15) is 10.8 Å². The van der Waals surface area contributed by atoms with Gasteiger partial charge in [0.05, 0.1) is 11.5 Å². The lowest BCUT2D eigenvalue weighted by Gasteiger charge is -2.06. The minimum absolute atomic E-state index is 0.00901. The van der Waals surface area contributed by atoms with Crippen molar-refractivity contribution >= 4 is 32.4 Å². The average Bonchev–Trinajstić information content (AvgIpc) is 3.19. The maximum absolute atomic E-state index is 12.2. The zero-order chi connectivity index (χ0) is 22.1. The molecule has 0 bridgehead atoms.